The summed E-state index contributed by atoms with van der Waals surface area (Å²) < 4.78 is 40.2. The predicted octanol–water partition coefficient (Wildman–Crippen LogP) is 5.83. The van der Waals surface area contributed by atoms with Gasteiger partial charge in [0.2, 0.25) is 0 Å². The van der Waals surface area contributed by atoms with E-state index in [0.29, 0.717) is 15.5 Å². The monoisotopic (exact) mass is 503 g/mol. The Balaban J connectivity index is 1.39. The van der Waals surface area contributed by atoms with Gasteiger partial charge in [0.25, 0.3) is 11.8 Å². The number of amides is 2. The lowest BCUT2D eigenvalue weighted by atomic mass is 10.1. The summed E-state index contributed by atoms with van der Waals surface area (Å²) in [6.07, 6.45) is -1.36. The highest BCUT2D eigenvalue weighted by Gasteiger charge is 2.32. The molecule has 0 aliphatic heterocycles. The Bertz CT molecular complexity index is 1370. The van der Waals surface area contributed by atoms with Crippen molar-refractivity contribution in [1.29, 1.82) is 0 Å². The number of carbonyl (C=O) groups excluding carboxylic acids is 2. The molecule has 0 unspecified atom stereocenters. The Hall–Kier alpha value is -3.43. The predicted molar refractivity (Wildman–Crippen MR) is 125 cm³/mol. The number of thiophene rings is 1. The molecule has 0 saturated heterocycles. The fourth-order valence-electron chi connectivity index (χ4n) is 3.36. The number of rotatable bonds is 6. The van der Waals surface area contributed by atoms with Crippen molar-refractivity contribution in [1.82, 2.24) is 15.6 Å². The second kappa shape index (κ2) is 9.82. The SMILES string of the molecule is O=C(NCc1ccccc1C(F)(F)F)c1cccc(CNC(=O)c2cc3c(Cl)cncc3s2)c1. The smallest absolute Gasteiger partial charge is 0.348 e. The van der Waals surface area contributed by atoms with Crippen LogP contribution < -0.4 is 10.6 Å². The van der Waals surface area contributed by atoms with E-state index in [1.165, 1.54) is 35.7 Å². The summed E-state index contributed by atoms with van der Waals surface area (Å²) in [7, 11) is 0. The molecule has 0 aliphatic rings. The van der Waals surface area contributed by atoms with Crippen LogP contribution in [0.2, 0.25) is 5.02 Å². The number of aromatic nitrogens is 1. The maximum absolute atomic E-state index is 13.1. The number of alkyl halides is 3. The van der Waals surface area contributed by atoms with Gasteiger partial charge in [0.05, 0.1) is 20.2 Å². The first kappa shape index (κ1) is 23.7. The van der Waals surface area contributed by atoms with Gasteiger partial charge in [0.15, 0.2) is 0 Å². The van der Waals surface area contributed by atoms with E-state index >= 15 is 0 Å². The Morgan fingerprint density at radius 3 is 2.47 bits per heavy atom. The van der Waals surface area contributed by atoms with E-state index < -0.39 is 17.6 Å². The standard InChI is InChI=1S/C24H17ClF3N3O2S/c25-19-12-29-13-21-17(19)9-20(34-21)23(33)30-10-14-4-3-6-15(8-14)22(32)31-11-16-5-1-2-7-18(16)24(26,27)28/h1-9,12-13H,10-11H2,(H,30,33)(H,31,32). The van der Waals surface area contributed by atoms with Gasteiger partial charge in [-0.3, -0.25) is 14.6 Å². The van der Waals surface area contributed by atoms with Crippen molar-refractivity contribution in [3.63, 3.8) is 0 Å². The molecule has 2 amide bonds. The van der Waals surface area contributed by atoms with Crippen LogP contribution in [0.25, 0.3) is 10.1 Å². The highest BCUT2D eigenvalue weighted by atomic mass is 35.5. The van der Waals surface area contributed by atoms with Crippen LogP contribution >= 0.6 is 22.9 Å². The van der Waals surface area contributed by atoms with Crippen LogP contribution in [0.3, 0.4) is 0 Å². The zero-order valence-electron chi connectivity index (χ0n) is 17.4. The van der Waals surface area contributed by atoms with Gasteiger partial charge in [-0.15, -0.1) is 11.3 Å². The van der Waals surface area contributed by atoms with Gasteiger partial charge in [-0.2, -0.15) is 13.2 Å². The summed E-state index contributed by atoms with van der Waals surface area (Å²) in [6.45, 7) is -0.101. The van der Waals surface area contributed by atoms with Crippen molar-refractivity contribution < 1.29 is 22.8 Å². The summed E-state index contributed by atoms with van der Waals surface area (Å²) in [5.41, 5.74) is 0.129. The lowest BCUT2D eigenvalue weighted by Crippen LogP contribution is -2.25. The summed E-state index contributed by atoms with van der Waals surface area (Å²) >= 11 is 7.38. The Labute approximate surface area is 201 Å². The summed E-state index contributed by atoms with van der Waals surface area (Å²) in [5.74, 6) is -0.812. The van der Waals surface area contributed by atoms with E-state index in [0.717, 1.165) is 16.2 Å². The number of fused-ring (bicyclic) bond motifs is 1. The fourth-order valence-corrected chi connectivity index (χ4v) is 4.60. The zero-order valence-corrected chi connectivity index (χ0v) is 19.0. The molecule has 0 spiro atoms. The lowest BCUT2D eigenvalue weighted by Gasteiger charge is -2.13. The Kier molecular flexibility index (Phi) is 6.85. The first-order chi connectivity index (χ1) is 16.2. The zero-order chi connectivity index (χ0) is 24.3. The minimum absolute atomic E-state index is 0.0228. The molecule has 2 aromatic heterocycles. The van der Waals surface area contributed by atoms with E-state index in [-0.39, 0.29) is 30.1 Å². The van der Waals surface area contributed by atoms with Crippen LogP contribution in [-0.2, 0) is 19.3 Å². The van der Waals surface area contributed by atoms with Gasteiger partial charge in [0.1, 0.15) is 0 Å². The van der Waals surface area contributed by atoms with Gasteiger partial charge in [-0.1, -0.05) is 41.9 Å². The molecule has 0 fully saturated rings. The number of hydrogen-bond donors (Lipinski definition) is 2. The minimum atomic E-state index is -4.50. The van der Waals surface area contributed by atoms with Crippen molar-refractivity contribution in [3.8, 4) is 0 Å². The molecule has 4 rings (SSSR count). The van der Waals surface area contributed by atoms with Gasteiger partial charge >= 0.3 is 6.18 Å². The summed E-state index contributed by atoms with van der Waals surface area (Å²) in [4.78, 5) is 29.6. The molecule has 5 nitrogen and oxygen atoms in total. The second-order valence-corrected chi connectivity index (χ2v) is 8.86. The normalized spacial score (nSPS) is 11.4. The fraction of sp³-hybridized carbons (Fsp3) is 0.125. The second-order valence-electron chi connectivity index (χ2n) is 7.36. The van der Waals surface area contributed by atoms with E-state index in [9.17, 15) is 22.8 Å². The number of carbonyl (C=O) groups is 2. The molecule has 34 heavy (non-hydrogen) atoms. The van der Waals surface area contributed by atoms with E-state index in [2.05, 4.69) is 15.6 Å². The van der Waals surface area contributed by atoms with E-state index in [4.69, 9.17) is 11.6 Å². The maximum Gasteiger partial charge on any atom is 0.416 e. The number of nitrogens with zero attached hydrogens (tertiary/aromatic N) is 1. The van der Waals surface area contributed by atoms with Crippen molar-refractivity contribution in [2.24, 2.45) is 0 Å². The topological polar surface area (TPSA) is 71.1 Å². The highest BCUT2D eigenvalue weighted by Crippen LogP contribution is 2.32. The molecule has 0 aliphatic carbocycles. The van der Waals surface area contributed by atoms with Crippen LogP contribution in [-0.4, -0.2) is 16.8 Å². The van der Waals surface area contributed by atoms with Crippen LogP contribution in [0.4, 0.5) is 13.2 Å². The third-order valence-electron chi connectivity index (χ3n) is 5.03. The first-order valence-corrected chi connectivity index (χ1v) is 11.3. The summed E-state index contributed by atoms with van der Waals surface area (Å²) in [6, 6.07) is 13.3. The van der Waals surface area contributed by atoms with Crippen molar-refractivity contribution in [2.75, 3.05) is 0 Å². The van der Waals surface area contributed by atoms with Gasteiger partial charge in [0, 0.05) is 36.4 Å². The van der Waals surface area contributed by atoms with Crippen LogP contribution in [0.15, 0.2) is 67.0 Å². The minimum Gasteiger partial charge on any atom is -0.348 e. The van der Waals surface area contributed by atoms with Gasteiger partial charge in [-0.05, 0) is 35.4 Å². The molecule has 2 N–H and O–H groups in total. The molecule has 10 heteroatoms. The summed E-state index contributed by atoms with van der Waals surface area (Å²) in [5, 5.41) is 6.53. The van der Waals surface area contributed by atoms with Gasteiger partial charge in [-0.25, -0.2) is 0 Å². The average Bonchev–Trinajstić information content (AvgIpc) is 3.27. The highest BCUT2D eigenvalue weighted by molar-refractivity contribution is 7.20. The maximum atomic E-state index is 13.1. The Morgan fingerprint density at radius 1 is 0.941 bits per heavy atom. The number of benzene rings is 2. The molecule has 0 radical (unpaired) electrons. The van der Waals surface area contributed by atoms with Crippen molar-refractivity contribution >= 4 is 44.8 Å². The molecular weight excluding hydrogens is 487 g/mol. The van der Waals surface area contributed by atoms with Gasteiger partial charge < -0.3 is 10.6 Å². The first-order valence-electron chi connectivity index (χ1n) is 10.1. The van der Waals surface area contributed by atoms with E-state index in [1.807, 2.05) is 0 Å². The molecule has 2 heterocycles. The number of pyridine rings is 1. The number of halogens is 4. The number of hydrogen-bond acceptors (Lipinski definition) is 4. The van der Waals surface area contributed by atoms with E-state index in [1.54, 1.807) is 36.5 Å². The molecule has 4 aromatic rings. The molecular formula is C24H17ClF3N3O2S. The number of nitrogens with one attached hydrogen (secondary N) is 2. The van der Waals surface area contributed by atoms with Crippen LogP contribution in [0.1, 0.15) is 36.7 Å². The van der Waals surface area contributed by atoms with Crippen molar-refractivity contribution in [2.45, 2.75) is 19.3 Å². The largest absolute Gasteiger partial charge is 0.416 e. The molecule has 0 bridgehead atoms. The van der Waals surface area contributed by atoms with Crippen LogP contribution in [0, 0.1) is 0 Å². The third kappa shape index (κ3) is 5.37. The molecule has 174 valence electrons. The average molecular weight is 504 g/mol. The lowest BCUT2D eigenvalue weighted by molar-refractivity contribution is -0.138. The third-order valence-corrected chi connectivity index (χ3v) is 6.40. The van der Waals surface area contributed by atoms with Crippen molar-refractivity contribution in [3.05, 3.63) is 99.1 Å². The molecule has 0 atom stereocenters. The quantitative estimate of drug-likeness (QED) is 0.348. The van der Waals surface area contributed by atoms with Crippen LogP contribution in [0.5, 0.6) is 0 Å². The molecule has 0 saturated carbocycles. The molecule has 2 aromatic carbocycles. The Morgan fingerprint density at radius 2 is 1.71 bits per heavy atom.